The van der Waals surface area contributed by atoms with Crippen LogP contribution in [0.15, 0.2) is 42.9 Å². The molecule has 1 aliphatic heterocycles. The molecule has 2 N–H and O–H groups in total. The number of nitrogens with zero attached hydrogens (tertiary/aromatic N) is 3. The van der Waals surface area contributed by atoms with E-state index in [1.165, 1.54) is 0 Å². The smallest absolute Gasteiger partial charge is 0.254 e. The molecule has 0 spiro atoms. The number of aliphatic hydroxyl groups is 1. The first-order valence-electron chi connectivity index (χ1n) is 8.25. The van der Waals surface area contributed by atoms with Gasteiger partial charge in [-0.3, -0.25) is 9.78 Å². The first-order chi connectivity index (χ1) is 11.6. The van der Waals surface area contributed by atoms with Crippen LogP contribution in [0.1, 0.15) is 36.5 Å². The highest BCUT2D eigenvalue weighted by atomic mass is 16.3. The molecule has 1 fully saturated rings. The van der Waals surface area contributed by atoms with Crippen molar-refractivity contribution in [1.29, 1.82) is 0 Å². The van der Waals surface area contributed by atoms with Gasteiger partial charge in [0.2, 0.25) is 0 Å². The van der Waals surface area contributed by atoms with Crippen LogP contribution in [0.2, 0.25) is 0 Å². The zero-order chi connectivity index (χ0) is 16.9. The first kappa shape index (κ1) is 16.4. The Labute approximate surface area is 141 Å². The van der Waals surface area contributed by atoms with Crippen molar-refractivity contribution in [1.82, 2.24) is 14.9 Å². The Morgan fingerprint density at radius 1 is 1.46 bits per heavy atom. The summed E-state index contributed by atoms with van der Waals surface area (Å²) in [6.07, 6.45) is 7.03. The van der Waals surface area contributed by atoms with Crippen LogP contribution >= 0.6 is 0 Å². The van der Waals surface area contributed by atoms with Crippen LogP contribution in [-0.4, -0.2) is 44.6 Å². The van der Waals surface area contributed by atoms with Crippen molar-refractivity contribution >= 4 is 17.4 Å². The SMILES string of the molecule is CC(O)CC1CCCN1C(=O)c1cccc(Nc2cnccn2)c1. The highest BCUT2D eigenvalue weighted by Crippen LogP contribution is 2.25. The summed E-state index contributed by atoms with van der Waals surface area (Å²) >= 11 is 0. The van der Waals surface area contributed by atoms with Crippen molar-refractivity contribution in [3.8, 4) is 0 Å². The number of carbonyl (C=O) groups is 1. The molecule has 2 heterocycles. The summed E-state index contributed by atoms with van der Waals surface area (Å²) in [4.78, 5) is 22.9. The van der Waals surface area contributed by atoms with Crippen LogP contribution in [0.25, 0.3) is 0 Å². The number of nitrogens with one attached hydrogen (secondary N) is 1. The van der Waals surface area contributed by atoms with E-state index in [9.17, 15) is 9.90 Å². The predicted octanol–water partition coefficient (Wildman–Crippen LogP) is 2.60. The van der Waals surface area contributed by atoms with Crippen LogP contribution in [0.3, 0.4) is 0 Å². The molecule has 2 atom stereocenters. The lowest BCUT2D eigenvalue weighted by Gasteiger charge is -2.26. The van der Waals surface area contributed by atoms with Crippen LogP contribution in [0, 0.1) is 0 Å². The zero-order valence-electron chi connectivity index (χ0n) is 13.7. The molecule has 6 nitrogen and oxygen atoms in total. The molecule has 0 aliphatic carbocycles. The van der Waals surface area contributed by atoms with Gasteiger partial charge < -0.3 is 15.3 Å². The van der Waals surface area contributed by atoms with Crippen molar-refractivity contribution in [2.24, 2.45) is 0 Å². The van der Waals surface area contributed by atoms with Gasteiger partial charge in [0.05, 0.1) is 12.3 Å². The number of carbonyl (C=O) groups excluding carboxylic acids is 1. The second kappa shape index (κ2) is 7.40. The van der Waals surface area contributed by atoms with Crippen LogP contribution in [-0.2, 0) is 0 Å². The molecule has 2 unspecified atom stereocenters. The van der Waals surface area contributed by atoms with E-state index >= 15 is 0 Å². The Balaban J connectivity index is 1.74. The van der Waals surface area contributed by atoms with Gasteiger partial charge in [0.25, 0.3) is 5.91 Å². The van der Waals surface area contributed by atoms with Crippen LogP contribution in [0.5, 0.6) is 0 Å². The Morgan fingerprint density at radius 2 is 2.33 bits per heavy atom. The van der Waals surface area contributed by atoms with Crippen LogP contribution < -0.4 is 5.32 Å². The predicted molar refractivity (Wildman–Crippen MR) is 92.1 cm³/mol. The number of hydrogen-bond donors (Lipinski definition) is 2. The van der Waals surface area contributed by atoms with Crippen molar-refractivity contribution in [2.45, 2.75) is 38.3 Å². The Bertz CT molecular complexity index is 690. The molecule has 0 saturated carbocycles. The molecule has 2 aromatic rings. The molecule has 1 aromatic heterocycles. The summed E-state index contributed by atoms with van der Waals surface area (Å²) in [7, 11) is 0. The maximum absolute atomic E-state index is 12.8. The maximum Gasteiger partial charge on any atom is 0.254 e. The molecule has 6 heteroatoms. The normalized spacial score (nSPS) is 18.4. The fourth-order valence-electron chi connectivity index (χ4n) is 3.15. The molecule has 1 amide bonds. The minimum Gasteiger partial charge on any atom is -0.393 e. The lowest BCUT2D eigenvalue weighted by Crippen LogP contribution is -2.37. The highest BCUT2D eigenvalue weighted by Gasteiger charge is 2.30. The monoisotopic (exact) mass is 326 g/mol. The molecular weight excluding hydrogens is 304 g/mol. The van der Waals surface area contributed by atoms with E-state index in [0.29, 0.717) is 17.8 Å². The maximum atomic E-state index is 12.8. The molecular formula is C18H22N4O2. The Hall–Kier alpha value is -2.47. The third-order valence-corrected chi connectivity index (χ3v) is 4.20. The summed E-state index contributed by atoms with van der Waals surface area (Å²) < 4.78 is 0. The number of amides is 1. The summed E-state index contributed by atoms with van der Waals surface area (Å²) in [5, 5.41) is 12.8. The molecule has 1 aliphatic rings. The average molecular weight is 326 g/mol. The van der Waals surface area contributed by atoms with Gasteiger partial charge >= 0.3 is 0 Å². The number of aliphatic hydroxyl groups excluding tert-OH is 1. The van der Waals surface area contributed by atoms with E-state index in [2.05, 4.69) is 15.3 Å². The van der Waals surface area contributed by atoms with Crippen molar-refractivity contribution in [2.75, 3.05) is 11.9 Å². The third kappa shape index (κ3) is 3.89. The van der Waals surface area contributed by atoms with Gasteiger partial charge in [0.15, 0.2) is 0 Å². The number of aromatic nitrogens is 2. The lowest BCUT2D eigenvalue weighted by atomic mass is 10.1. The van der Waals surface area contributed by atoms with E-state index in [1.54, 1.807) is 25.5 Å². The molecule has 1 aromatic carbocycles. The zero-order valence-corrected chi connectivity index (χ0v) is 13.7. The third-order valence-electron chi connectivity index (χ3n) is 4.20. The average Bonchev–Trinajstić information content (AvgIpc) is 3.02. The van der Waals surface area contributed by atoms with Gasteiger partial charge in [-0.2, -0.15) is 0 Å². The van der Waals surface area contributed by atoms with Gasteiger partial charge in [-0.1, -0.05) is 6.07 Å². The molecule has 3 rings (SSSR count). The topological polar surface area (TPSA) is 78.4 Å². The lowest BCUT2D eigenvalue weighted by molar-refractivity contribution is 0.0682. The van der Waals surface area contributed by atoms with E-state index in [4.69, 9.17) is 0 Å². The van der Waals surface area contributed by atoms with Crippen LogP contribution in [0.4, 0.5) is 11.5 Å². The molecule has 24 heavy (non-hydrogen) atoms. The highest BCUT2D eigenvalue weighted by molar-refractivity contribution is 5.95. The number of likely N-dealkylation sites (tertiary alicyclic amines) is 1. The summed E-state index contributed by atoms with van der Waals surface area (Å²) in [6, 6.07) is 7.51. The first-order valence-corrected chi connectivity index (χ1v) is 8.25. The molecule has 0 radical (unpaired) electrons. The Morgan fingerprint density at radius 3 is 3.08 bits per heavy atom. The van der Waals surface area contributed by atoms with Gasteiger partial charge in [0.1, 0.15) is 5.82 Å². The fourth-order valence-corrected chi connectivity index (χ4v) is 3.15. The largest absolute Gasteiger partial charge is 0.393 e. The van der Waals surface area contributed by atoms with E-state index in [0.717, 1.165) is 25.1 Å². The second-order valence-corrected chi connectivity index (χ2v) is 6.18. The van der Waals surface area contributed by atoms with Gasteiger partial charge in [-0.15, -0.1) is 0 Å². The van der Waals surface area contributed by atoms with Gasteiger partial charge in [-0.05, 0) is 44.4 Å². The molecule has 1 saturated heterocycles. The summed E-state index contributed by atoms with van der Waals surface area (Å²) in [6.45, 7) is 2.52. The van der Waals surface area contributed by atoms with Gasteiger partial charge in [0, 0.05) is 36.2 Å². The summed E-state index contributed by atoms with van der Waals surface area (Å²) in [5.74, 6) is 0.649. The number of benzene rings is 1. The van der Waals surface area contributed by atoms with Gasteiger partial charge in [-0.25, -0.2) is 4.98 Å². The minimum atomic E-state index is -0.395. The number of hydrogen-bond acceptors (Lipinski definition) is 5. The fraction of sp³-hybridized carbons (Fsp3) is 0.389. The second-order valence-electron chi connectivity index (χ2n) is 6.18. The van der Waals surface area contributed by atoms with Crippen molar-refractivity contribution < 1.29 is 9.90 Å². The quantitative estimate of drug-likeness (QED) is 0.883. The van der Waals surface area contributed by atoms with Crippen molar-refractivity contribution in [3.05, 3.63) is 48.4 Å². The Kier molecular flexibility index (Phi) is 5.05. The standard InChI is InChI=1S/C18H22N4O2/c1-13(23)10-16-6-3-9-22(16)18(24)14-4-2-5-15(11-14)21-17-12-19-7-8-20-17/h2,4-5,7-8,11-13,16,23H,3,6,9-10H2,1H3,(H,20,21). The molecule has 126 valence electrons. The number of anilines is 2. The van der Waals surface area contributed by atoms with E-state index < -0.39 is 6.10 Å². The minimum absolute atomic E-state index is 0.0148. The van der Waals surface area contributed by atoms with E-state index in [1.807, 2.05) is 29.2 Å². The number of rotatable bonds is 5. The summed E-state index contributed by atoms with van der Waals surface area (Å²) in [5.41, 5.74) is 1.44. The van der Waals surface area contributed by atoms with Crippen molar-refractivity contribution in [3.63, 3.8) is 0 Å². The molecule has 0 bridgehead atoms. The van der Waals surface area contributed by atoms with E-state index in [-0.39, 0.29) is 11.9 Å².